The van der Waals surface area contributed by atoms with Gasteiger partial charge in [0.05, 0.1) is 6.21 Å². The van der Waals surface area contributed by atoms with Gasteiger partial charge in [-0.2, -0.15) is 5.10 Å². The van der Waals surface area contributed by atoms with Crippen molar-refractivity contribution in [3.8, 4) is 5.75 Å². The van der Waals surface area contributed by atoms with Crippen molar-refractivity contribution >= 4 is 12.1 Å². The molecule has 0 bridgehead atoms. The number of rotatable bonds is 5. The van der Waals surface area contributed by atoms with Gasteiger partial charge in [-0.15, -0.1) is 0 Å². The van der Waals surface area contributed by atoms with E-state index in [0.717, 1.165) is 33.6 Å². The Labute approximate surface area is 143 Å². The van der Waals surface area contributed by atoms with Crippen molar-refractivity contribution in [2.45, 2.75) is 34.6 Å². The van der Waals surface area contributed by atoms with Crippen molar-refractivity contribution in [2.75, 3.05) is 6.61 Å². The maximum Gasteiger partial charge on any atom is 0.277 e. The number of amides is 1. The number of hydrazone groups is 1. The number of hydrogen-bond donors (Lipinski definition) is 1. The Morgan fingerprint density at radius 3 is 2.21 bits per heavy atom. The molecule has 0 atom stereocenters. The number of aryl methyl sites for hydroxylation is 5. The average molecular weight is 324 g/mol. The van der Waals surface area contributed by atoms with Gasteiger partial charge in [-0.3, -0.25) is 4.79 Å². The molecule has 0 aliphatic heterocycles. The first-order chi connectivity index (χ1) is 11.4. The number of carbonyl (C=O) groups excluding carboxylic acids is 1. The van der Waals surface area contributed by atoms with Crippen LogP contribution in [0.25, 0.3) is 0 Å². The fourth-order valence-corrected chi connectivity index (χ4v) is 2.76. The van der Waals surface area contributed by atoms with Gasteiger partial charge in [-0.1, -0.05) is 35.9 Å². The van der Waals surface area contributed by atoms with Crippen LogP contribution in [0.2, 0.25) is 0 Å². The van der Waals surface area contributed by atoms with Crippen molar-refractivity contribution in [2.24, 2.45) is 5.10 Å². The van der Waals surface area contributed by atoms with Gasteiger partial charge in [0, 0.05) is 5.56 Å². The topological polar surface area (TPSA) is 50.7 Å². The van der Waals surface area contributed by atoms with Gasteiger partial charge >= 0.3 is 0 Å². The molecule has 1 amide bonds. The summed E-state index contributed by atoms with van der Waals surface area (Å²) in [5.41, 5.74) is 9.05. The van der Waals surface area contributed by atoms with Gasteiger partial charge in [-0.05, 0) is 56.9 Å². The van der Waals surface area contributed by atoms with E-state index < -0.39 is 0 Å². The summed E-state index contributed by atoms with van der Waals surface area (Å²) >= 11 is 0. The van der Waals surface area contributed by atoms with Gasteiger partial charge in [0.25, 0.3) is 5.91 Å². The van der Waals surface area contributed by atoms with Crippen LogP contribution >= 0.6 is 0 Å². The molecule has 1 N–H and O–H groups in total. The molecule has 0 saturated carbocycles. The molecular formula is C20H24N2O2. The first kappa shape index (κ1) is 17.7. The molecule has 0 heterocycles. The number of nitrogens with one attached hydrogen (secondary N) is 1. The van der Waals surface area contributed by atoms with Gasteiger partial charge < -0.3 is 4.74 Å². The smallest absolute Gasteiger partial charge is 0.277 e. The van der Waals surface area contributed by atoms with Crippen molar-refractivity contribution in [1.29, 1.82) is 0 Å². The quantitative estimate of drug-likeness (QED) is 0.672. The molecule has 0 fully saturated rings. The van der Waals surface area contributed by atoms with Crippen LogP contribution < -0.4 is 10.2 Å². The number of ether oxygens (including phenoxy) is 1. The SMILES string of the molecule is Cc1cc(C)c(C=NNC(=O)COc2c(C)cccc2C)c(C)c1. The highest BCUT2D eigenvalue weighted by Gasteiger charge is 2.07. The highest BCUT2D eigenvalue weighted by Crippen LogP contribution is 2.22. The molecular weight excluding hydrogens is 300 g/mol. The van der Waals surface area contributed by atoms with Crippen LogP contribution in [0, 0.1) is 34.6 Å². The molecule has 0 radical (unpaired) electrons. The summed E-state index contributed by atoms with van der Waals surface area (Å²) in [6.07, 6.45) is 1.68. The Balaban J connectivity index is 1.94. The zero-order valence-electron chi connectivity index (χ0n) is 14.9. The predicted molar refractivity (Wildman–Crippen MR) is 97.8 cm³/mol. The lowest BCUT2D eigenvalue weighted by molar-refractivity contribution is -0.123. The van der Waals surface area contributed by atoms with E-state index in [-0.39, 0.29) is 12.5 Å². The predicted octanol–water partition coefficient (Wildman–Crippen LogP) is 3.76. The van der Waals surface area contributed by atoms with Crippen molar-refractivity contribution < 1.29 is 9.53 Å². The number of hydrogen-bond acceptors (Lipinski definition) is 3. The summed E-state index contributed by atoms with van der Waals surface area (Å²) in [7, 11) is 0. The Morgan fingerprint density at radius 2 is 1.62 bits per heavy atom. The fourth-order valence-electron chi connectivity index (χ4n) is 2.76. The monoisotopic (exact) mass is 324 g/mol. The van der Waals surface area contributed by atoms with E-state index in [2.05, 4.69) is 29.6 Å². The molecule has 126 valence electrons. The highest BCUT2D eigenvalue weighted by molar-refractivity contribution is 5.85. The van der Waals surface area contributed by atoms with E-state index in [1.807, 2.05) is 45.9 Å². The summed E-state index contributed by atoms with van der Waals surface area (Å²) in [6, 6.07) is 10.1. The first-order valence-corrected chi connectivity index (χ1v) is 7.97. The molecule has 0 unspecified atom stereocenters. The summed E-state index contributed by atoms with van der Waals surface area (Å²) in [5.74, 6) is 0.471. The van der Waals surface area contributed by atoms with Crippen LogP contribution in [-0.2, 0) is 4.79 Å². The Bertz CT molecular complexity index is 736. The maximum atomic E-state index is 11.9. The molecule has 0 saturated heterocycles. The molecule has 0 spiro atoms. The zero-order chi connectivity index (χ0) is 17.7. The van der Waals surface area contributed by atoms with Crippen LogP contribution in [0.15, 0.2) is 35.4 Å². The third-order valence-electron chi connectivity index (χ3n) is 3.88. The Kier molecular flexibility index (Phi) is 5.74. The third-order valence-corrected chi connectivity index (χ3v) is 3.88. The van der Waals surface area contributed by atoms with E-state index in [9.17, 15) is 4.79 Å². The molecule has 0 aliphatic carbocycles. The van der Waals surface area contributed by atoms with Crippen LogP contribution in [0.1, 0.15) is 33.4 Å². The highest BCUT2D eigenvalue weighted by atomic mass is 16.5. The standard InChI is InChI=1S/C20H24N2O2/c1-13-9-16(4)18(17(5)10-13)11-21-22-19(23)12-24-20-14(2)7-6-8-15(20)3/h6-11H,12H2,1-5H3,(H,22,23). The minimum absolute atomic E-state index is 0.0606. The lowest BCUT2D eigenvalue weighted by Gasteiger charge is -2.11. The summed E-state index contributed by atoms with van der Waals surface area (Å²) < 4.78 is 5.61. The van der Waals surface area contributed by atoms with Crippen molar-refractivity contribution in [1.82, 2.24) is 5.43 Å². The molecule has 4 nitrogen and oxygen atoms in total. The molecule has 2 aromatic rings. The minimum Gasteiger partial charge on any atom is -0.483 e. The van der Waals surface area contributed by atoms with Crippen molar-refractivity contribution in [3.05, 3.63) is 63.7 Å². The number of para-hydroxylation sites is 1. The van der Waals surface area contributed by atoms with E-state index in [1.165, 1.54) is 5.56 Å². The average Bonchev–Trinajstić information content (AvgIpc) is 2.49. The zero-order valence-corrected chi connectivity index (χ0v) is 14.9. The summed E-state index contributed by atoms with van der Waals surface area (Å²) in [4.78, 5) is 11.9. The summed E-state index contributed by atoms with van der Waals surface area (Å²) in [5, 5.41) is 4.05. The van der Waals surface area contributed by atoms with Crippen LogP contribution in [-0.4, -0.2) is 18.7 Å². The molecule has 0 aromatic heterocycles. The molecule has 4 heteroatoms. The third kappa shape index (κ3) is 4.44. The van der Waals surface area contributed by atoms with Gasteiger partial charge in [-0.25, -0.2) is 5.43 Å². The lowest BCUT2D eigenvalue weighted by Crippen LogP contribution is -2.25. The van der Waals surface area contributed by atoms with E-state index >= 15 is 0 Å². The number of benzene rings is 2. The van der Waals surface area contributed by atoms with Crippen molar-refractivity contribution in [3.63, 3.8) is 0 Å². The second-order valence-electron chi connectivity index (χ2n) is 6.12. The summed E-state index contributed by atoms with van der Waals surface area (Å²) in [6.45, 7) is 9.99. The normalized spacial score (nSPS) is 10.9. The lowest BCUT2D eigenvalue weighted by atomic mass is 10.0. The van der Waals surface area contributed by atoms with Crippen LogP contribution in [0.5, 0.6) is 5.75 Å². The van der Waals surface area contributed by atoms with Gasteiger partial charge in [0.2, 0.25) is 0 Å². The van der Waals surface area contributed by atoms with E-state index in [4.69, 9.17) is 4.74 Å². The largest absolute Gasteiger partial charge is 0.483 e. The fraction of sp³-hybridized carbons (Fsp3) is 0.300. The number of nitrogens with zero attached hydrogens (tertiary/aromatic N) is 1. The van der Waals surface area contributed by atoms with E-state index in [1.54, 1.807) is 6.21 Å². The maximum absolute atomic E-state index is 11.9. The van der Waals surface area contributed by atoms with Crippen LogP contribution in [0.3, 0.4) is 0 Å². The minimum atomic E-state index is -0.281. The number of carbonyl (C=O) groups is 1. The van der Waals surface area contributed by atoms with E-state index in [0.29, 0.717) is 0 Å². The molecule has 2 aromatic carbocycles. The Hall–Kier alpha value is -2.62. The van der Waals surface area contributed by atoms with Gasteiger partial charge in [0.15, 0.2) is 6.61 Å². The van der Waals surface area contributed by atoms with Crippen LogP contribution in [0.4, 0.5) is 0 Å². The van der Waals surface area contributed by atoms with Gasteiger partial charge in [0.1, 0.15) is 5.75 Å². The Morgan fingerprint density at radius 1 is 1.04 bits per heavy atom. The first-order valence-electron chi connectivity index (χ1n) is 7.97. The second kappa shape index (κ2) is 7.77. The molecule has 2 rings (SSSR count). The molecule has 24 heavy (non-hydrogen) atoms. The second-order valence-corrected chi connectivity index (χ2v) is 6.12. The molecule has 0 aliphatic rings.